The molecule has 0 saturated heterocycles. The minimum absolute atomic E-state index is 0. The molecule has 0 aliphatic rings. The van der Waals surface area contributed by atoms with Crippen LogP contribution in [0, 0.1) is 0 Å². The molecule has 0 fully saturated rings. The van der Waals surface area contributed by atoms with Gasteiger partial charge in [0, 0.05) is 5.54 Å². The Hall–Kier alpha value is -0.603. The van der Waals surface area contributed by atoms with Crippen LogP contribution in [-0.2, 0) is 0 Å². The second kappa shape index (κ2) is 10.5. The minimum Gasteiger partial charge on any atom is -0.386 e. The van der Waals surface area contributed by atoms with Crippen LogP contribution in [0.3, 0.4) is 0 Å². The molecule has 0 aromatic heterocycles. The Balaban J connectivity index is -0.000000218. The molecule has 1 N–H and O–H groups in total. The first-order valence-corrected chi connectivity index (χ1v) is 5.19. The van der Waals surface area contributed by atoms with E-state index in [2.05, 4.69) is 31.5 Å². The third kappa shape index (κ3) is 31.3. The van der Waals surface area contributed by atoms with Crippen molar-refractivity contribution in [2.24, 2.45) is 20.7 Å². The van der Waals surface area contributed by atoms with Crippen LogP contribution in [0.1, 0.15) is 41.5 Å². The van der Waals surface area contributed by atoms with Crippen molar-refractivity contribution in [2.45, 2.75) is 52.6 Å². The van der Waals surface area contributed by atoms with Crippen LogP contribution in [0.2, 0.25) is 0 Å². The zero-order valence-corrected chi connectivity index (χ0v) is 12.7. The van der Waals surface area contributed by atoms with E-state index in [1.165, 1.54) is 0 Å². The van der Waals surface area contributed by atoms with Crippen LogP contribution in [0.5, 0.6) is 0 Å². The molecule has 0 atom stereocenters. The standard InChI is InChI=1S/C5H13N3.C5H12N3.Li/c2*1-5(2,3)7-8-6-4;/h1-4H3,(H,6,7);1-4H3;/q;-1;+1. The van der Waals surface area contributed by atoms with Crippen molar-refractivity contribution >= 4 is 0 Å². The Morgan fingerprint density at radius 3 is 1.59 bits per heavy atom. The van der Waals surface area contributed by atoms with Crippen molar-refractivity contribution in [3.8, 4) is 0 Å². The first kappa shape index (κ1) is 21.7. The van der Waals surface area contributed by atoms with E-state index >= 15 is 0 Å². The Labute approximate surface area is 117 Å². The quantitative estimate of drug-likeness (QED) is 0.424. The first-order valence-electron chi connectivity index (χ1n) is 5.19. The van der Waals surface area contributed by atoms with Crippen LogP contribution in [0.25, 0.3) is 5.43 Å². The Morgan fingerprint density at radius 2 is 1.47 bits per heavy atom. The molecule has 17 heavy (non-hydrogen) atoms. The van der Waals surface area contributed by atoms with E-state index in [0.717, 1.165) is 0 Å². The van der Waals surface area contributed by atoms with Gasteiger partial charge in [-0.3, -0.25) is 10.6 Å². The predicted molar refractivity (Wildman–Crippen MR) is 67.6 cm³/mol. The van der Waals surface area contributed by atoms with E-state index in [0.29, 0.717) is 0 Å². The summed E-state index contributed by atoms with van der Waals surface area (Å²) in [5.74, 6) is 0. The van der Waals surface area contributed by atoms with E-state index in [1.54, 1.807) is 14.1 Å². The molecule has 0 bridgehead atoms. The summed E-state index contributed by atoms with van der Waals surface area (Å²) in [6.07, 6.45) is 0. The number of nitrogens with zero attached hydrogens (tertiary/aromatic N) is 5. The zero-order chi connectivity index (χ0) is 13.2. The van der Waals surface area contributed by atoms with Crippen molar-refractivity contribution in [2.75, 3.05) is 14.1 Å². The molecule has 0 aliphatic carbocycles. The molecular formula is C10H25LiN6. The second-order valence-corrected chi connectivity index (χ2v) is 5.22. The van der Waals surface area contributed by atoms with Gasteiger partial charge >= 0.3 is 18.9 Å². The van der Waals surface area contributed by atoms with Crippen molar-refractivity contribution in [1.82, 2.24) is 5.43 Å². The maximum absolute atomic E-state index is 3.83. The average Bonchev–Trinajstić information content (AvgIpc) is 2.10. The monoisotopic (exact) mass is 236 g/mol. The summed E-state index contributed by atoms with van der Waals surface area (Å²) < 4.78 is 0. The fourth-order valence-corrected chi connectivity index (χ4v) is 0.379. The van der Waals surface area contributed by atoms with E-state index < -0.39 is 0 Å². The maximum atomic E-state index is 3.83. The van der Waals surface area contributed by atoms with Crippen LogP contribution < -0.4 is 24.3 Å². The van der Waals surface area contributed by atoms with Crippen LogP contribution >= 0.6 is 0 Å². The van der Waals surface area contributed by atoms with Crippen molar-refractivity contribution in [3.63, 3.8) is 0 Å². The van der Waals surface area contributed by atoms with Gasteiger partial charge in [-0.15, -0.1) is 0 Å². The summed E-state index contributed by atoms with van der Waals surface area (Å²) in [5.41, 5.74) is 6.27. The molecule has 0 aromatic rings. The van der Waals surface area contributed by atoms with Gasteiger partial charge in [0.25, 0.3) is 0 Å². The Morgan fingerprint density at radius 1 is 1.00 bits per heavy atom. The van der Waals surface area contributed by atoms with E-state index in [1.807, 2.05) is 41.5 Å². The summed E-state index contributed by atoms with van der Waals surface area (Å²) in [4.78, 5) is 0. The van der Waals surface area contributed by atoms with Gasteiger partial charge < -0.3 is 10.5 Å². The number of hydrogen-bond acceptors (Lipinski definition) is 4. The van der Waals surface area contributed by atoms with E-state index in [-0.39, 0.29) is 29.9 Å². The third-order valence-electron chi connectivity index (χ3n) is 0.920. The molecule has 0 heterocycles. The van der Waals surface area contributed by atoms with Gasteiger partial charge in [0.15, 0.2) is 0 Å². The Bertz CT molecular complexity index is 214. The molecule has 0 aliphatic heterocycles. The molecule has 0 aromatic carbocycles. The number of nitrogens with one attached hydrogen (secondary N) is 1. The Kier molecular flexibility index (Phi) is 13.4. The summed E-state index contributed by atoms with van der Waals surface area (Å²) in [5, 5.41) is 14.5. The van der Waals surface area contributed by atoms with Crippen LogP contribution in [-0.4, -0.2) is 25.2 Å². The summed E-state index contributed by atoms with van der Waals surface area (Å²) in [7, 11) is 3.24. The SMILES string of the molecule is CN=NNC(C)(C)C.C[N-]N=NC(C)(C)C.[Li+]. The molecule has 7 heteroatoms. The molecule has 0 radical (unpaired) electrons. The van der Waals surface area contributed by atoms with Gasteiger partial charge in [0.1, 0.15) is 0 Å². The van der Waals surface area contributed by atoms with Gasteiger partial charge in [-0.05, 0) is 33.4 Å². The van der Waals surface area contributed by atoms with E-state index in [9.17, 15) is 0 Å². The first-order chi connectivity index (χ1) is 7.12. The van der Waals surface area contributed by atoms with Crippen molar-refractivity contribution in [1.29, 1.82) is 0 Å². The molecule has 96 valence electrons. The molecule has 6 nitrogen and oxygen atoms in total. The van der Waals surface area contributed by atoms with E-state index in [4.69, 9.17) is 0 Å². The van der Waals surface area contributed by atoms with Crippen LogP contribution in [0.4, 0.5) is 0 Å². The van der Waals surface area contributed by atoms with Crippen molar-refractivity contribution in [3.05, 3.63) is 5.43 Å². The number of hydrogen-bond donors (Lipinski definition) is 1. The fourth-order valence-electron chi connectivity index (χ4n) is 0.379. The predicted octanol–water partition coefficient (Wildman–Crippen LogP) is 0.531. The van der Waals surface area contributed by atoms with Gasteiger partial charge in [0.2, 0.25) is 0 Å². The van der Waals surface area contributed by atoms with Gasteiger partial charge in [-0.2, -0.15) is 5.11 Å². The van der Waals surface area contributed by atoms with Gasteiger partial charge in [0.05, 0.1) is 7.05 Å². The zero-order valence-electron chi connectivity index (χ0n) is 12.7. The summed E-state index contributed by atoms with van der Waals surface area (Å²) >= 11 is 0. The third-order valence-corrected chi connectivity index (χ3v) is 0.920. The molecule has 0 rings (SSSR count). The van der Waals surface area contributed by atoms with Gasteiger partial charge in [-0.25, -0.2) is 0 Å². The summed E-state index contributed by atoms with van der Waals surface area (Å²) in [6.45, 7) is 12.0. The van der Waals surface area contributed by atoms with Crippen molar-refractivity contribution < 1.29 is 18.9 Å². The molecule has 0 saturated carbocycles. The van der Waals surface area contributed by atoms with Gasteiger partial charge in [-0.1, -0.05) is 26.0 Å². The maximum Gasteiger partial charge on any atom is 1.00 e. The van der Waals surface area contributed by atoms with Crippen LogP contribution in [0.15, 0.2) is 20.7 Å². The smallest absolute Gasteiger partial charge is 0.386 e. The fraction of sp³-hybridized carbons (Fsp3) is 1.00. The number of rotatable bonds is 2. The minimum atomic E-state index is -0.0838. The molecule has 0 amide bonds. The molecular weight excluding hydrogens is 211 g/mol. The molecule has 0 spiro atoms. The average molecular weight is 236 g/mol. The molecule has 0 unspecified atom stereocenters. The summed E-state index contributed by atoms with van der Waals surface area (Å²) in [6, 6.07) is 0. The topological polar surface area (TPSA) is 75.6 Å². The second-order valence-electron chi connectivity index (χ2n) is 5.22. The largest absolute Gasteiger partial charge is 1.00 e. The normalized spacial score (nSPS) is 11.8.